The summed E-state index contributed by atoms with van der Waals surface area (Å²) in [4.78, 5) is 13.1. The summed E-state index contributed by atoms with van der Waals surface area (Å²) in [6.07, 6.45) is 3.50. The standard InChI is InChI=1S/C23H30ClN3O/c1-14-6-8-16(9-7-14)13-27-20(24)19(15(2)26-27)21(28)25-18-12-17-10-11-23(18,5)22(17,3)4/h6-9,17-18H,10-13H2,1-5H3,(H,25,28). The van der Waals surface area contributed by atoms with Crippen LogP contribution in [0.3, 0.4) is 0 Å². The van der Waals surface area contributed by atoms with E-state index in [1.165, 1.54) is 18.4 Å². The van der Waals surface area contributed by atoms with Gasteiger partial charge in [-0.3, -0.25) is 4.79 Å². The SMILES string of the molecule is Cc1ccc(Cn2nc(C)c(C(=O)NC3CC4CCC3(C)C4(C)C)c2Cl)cc1. The number of nitrogens with one attached hydrogen (secondary N) is 1. The molecule has 1 amide bonds. The summed E-state index contributed by atoms with van der Waals surface area (Å²) < 4.78 is 1.73. The maximum absolute atomic E-state index is 13.1. The van der Waals surface area contributed by atoms with Gasteiger partial charge in [0.2, 0.25) is 0 Å². The van der Waals surface area contributed by atoms with E-state index in [9.17, 15) is 4.79 Å². The highest BCUT2D eigenvalue weighted by Crippen LogP contribution is 2.65. The number of halogens is 1. The Hall–Kier alpha value is -1.81. The molecule has 2 fully saturated rings. The van der Waals surface area contributed by atoms with Crippen molar-refractivity contribution < 1.29 is 4.79 Å². The van der Waals surface area contributed by atoms with E-state index >= 15 is 0 Å². The van der Waals surface area contributed by atoms with E-state index < -0.39 is 0 Å². The number of carbonyl (C=O) groups is 1. The molecule has 5 heteroatoms. The van der Waals surface area contributed by atoms with E-state index in [2.05, 4.69) is 62.4 Å². The van der Waals surface area contributed by atoms with E-state index in [1.807, 2.05) is 6.92 Å². The molecule has 3 unspecified atom stereocenters. The molecule has 1 N–H and O–H groups in total. The molecule has 0 spiro atoms. The van der Waals surface area contributed by atoms with Crippen LogP contribution in [0.2, 0.25) is 5.15 Å². The molecule has 3 atom stereocenters. The highest BCUT2D eigenvalue weighted by Gasteiger charge is 2.61. The Bertz CT molecular complexity index is 915. The minimum atomic E-state index is -0.0905. The molecule has 2 aliphatic carbocycles. The molecule has 1 aromatic heterocycles. The number of fused-ring (bicyclic) bond motifs is 2. The van der Waals surface area contributed by atoms with Gasteiger partial charge < -0.3 is 5.32 Å². The average Bonchev–Trinajstić information content (AvgIpc) is 3.10. The van der Waals surface area contributed by atoms with Crippen molar-refractivity contribution in [2.45, 2.75) is 66.5 Å². The molecule has 1 aromatic carbocycles. The van der Waals surface area contributed by atoms with Crippen LogP contribution in [-0.2, 0) is 6.54 Å². The maximum Gasteiger partial charge on any atom is 0.256 e. The van der Waals surface area contributed by atoms with Gasteiger partial charge in [0.05, 0.1) is 17.8 Å². The van der Waals surface area contributed by atoms with Gasteiger partial charge in [-0.2, -0.15) is 5.10 Å². The second-order valence-corrected chi connectivity index (χ2v) is 9.89. The highest BCUT2D eigenvalue weighted by molar-refractivity contribution is 6.33. The lowest BCUT2D eigenvalue weighted by Crippen LogP contribution is -2.47. The number of hydrogen-bond donors (Lipinski definition) is 1. The molecular weight excluding hydrogens is 370 g/mol. The van der Waals surface area contributed by atoms with Crippen LogP contribution in [0.15, 0.2) is 24.3 Å². The van der Waals surface area contributed by atoms with Crippen molar-refractivity contribution in [1.29, 1.82) is 0 Å². The molecular formula is C23H30ClN3O. The summed E-state index contributed by atoms with van der Waals surface area (Å²) in [6.45, 7) is 11.5. The second kappa shape index (κ2) is 6.62. The summed E-state index contributed by atoms with van der Waals surface area (Å²) in [5, 5.41) is 8.27. The van der Waals surface area contributed by atoms with Crippen molar-refractivity contribution in [3.05, 3.63) is 51.8 Å². The molecule has 4 nitrogen and oxygen atoms in total. The van der Waals surface area contributed by atoms with Crippen LogP contribution in [0, 0.1) is 30.6 Å². The van der Waals surface area contributed by atoms with Gasteiger partial charge in [-0.15, -0.1) is 0 Å². The first-order chi connectivity index (χ1) is 13.1. The largest absolute Gasteiger partial charge is 0.349 e. The lowest BCUT2D eigenvalue weighted by molar-refractivity contribution is 0.0825. The van der Waals surface area contributed by atoms with Crippen LogP contribution in [0.5, 0.6) is 0 Å². The van der Waals surface area contributed by atoms with Crippen LogP contribution in [0.25, 0.3) is 0 Å². The fraction of sp³-hybridized carbons (Fsp3) is 0.565. The number of rotatable bonds is 4. The third-order valence-corrected chi connectivity index (χ3v) is 8.23. The van der Waals surface area contributed by atoms with Gasteiger partial charge in [0.15, 0.2) is 0 Å². The van der Waals surface area contributed by atoms with Crippen molar-refractivity contribution in [3.63, 3.8) is 0 Å². The van der Waals surface area contributed by atoms with Crippen LogP contribution < -0.4 is 5.32 Å². The Labute approximate surface area is 172 Å². The first-order valence-electron chi connectivity index (χ1n) is 10.2. The molecule has 4 rings (SSSR count). The third-order valence-electron chi connectivity index (χ3n) is 7.84. The number of nitrogens with zero attached hydrogens (tertiary/aromatic N) is 2. The van der Waals surface area contributed by atoms with Crippen LogP contribution in [0.1, 0.15) is 67.2 Å². The molecule has 2 saturated carbocycles. The quantitative estimate of drug-likeness (QED) is 0.773. The minimum Gasteiger partial charge on any atom is -0.349 e. The molecule has 2 bridgehead atoms. The number of benzene rings is 1. The first-order valence-corrected chi connectivity index (χ1v) is 10.6. The maximum atomic E-state index is 13.1. The summed E-state index contributed by atoms with van der Waals surface area (Å²) in [7, 11) is 0. The lowest BCUT2D eigenvalue weighted by Gasteiger charge is -2.39. The zero-order chi connectivity index (χ0) is 20.3. The Kier molecular flexibility index (Phi) is 4.61. The van der Waals surface area contributed by atoms with E-state index in [4.69, 9.17) is 11.6 Å². The van der Waals surface area contributed by atoms with E-state index in [1.54, 1.807) is 4.68 Å². The van der Waals surface area contributed by atoms with Gasteiger partial charge in [0, 0.05) is 6.04 Å². The number of amides is 1. The topological polar surface area (TPSA) is 46.9 Å². The van der Waals surface area contributed by atoms with Crippen LogP contribution >= 0.6 is 11.6 Å². The van der Waals surface area contributed by atoms with Gasteiger partial charge in [-0.1, -0.05) is 62.2 Å². The number of hydrogen-bond acceptors (Lipinski definition) is 2. The number of aromatic nitrogens is 2. The molecule has 0 radical (unpaired) electrons. The predicted molar refractivity (Wildman–Crippen MR) is 113 cm³/mol. The molecule has 1 heterocycles. The predicted octanol–water partition coefficient (Wildman–Crippen LogP) is 5.15. The van der Waals surface area contributed by atoms with Crippen molar-refractivity contribution >= 4 is 17.5 Å². The van der Waals surface area contributed by atoms with Gasteiger partial charge in [0.1, 0.15) is 5.15 Å². The molecule has 150 valence electrons. The first kappa shape index (κ1) is 19.5. The van der Waals surface area contributed by atoms with Gasteiger partial charge in [-0.25, -0.2) is 4.68 Å². The monoisotopic (exact) mass is 399 g/mol. The molecule has 2 aliphatic rings. The molecule has 28 heavy (non-hydrogen) atoms. The average molecular weight is 400 g/mol. The zero-order valence-corrected chi connectivity index (χ0v) is 18.2. The van der Waals surface area contributed by atoms with Crippen LogP contribution in [-0.4, -0.2) is 21.7 Å². The van der Waals surface area contributed by atoms with E-state index in [0.717, 1.165) is 12.0 Å². The van der Waals surface area contributed by atoms with Gasteiger partial charge >= 0.3 is 0 Å². The van der Waals surface area contributed by atoms with Crippen molar-refractivity contribution in [2.24, 2.45) is 16.7 Å². The smallest absolute Gasteiger partial charge is 0.256 e. The van der Waals surface area contributed by atoms with Crippen molar-refractivity contribution in [3.8, 4) is 0 Å². The Balaban J connectivity index is 1.54. The Morgan fingerprint density at radius 3 is 2.50 bits per heavy atom. The number of aryl methyl sites for hydroxylation is 2. The Morgan fingerprint density at radius 1 is 1.25 bits per heavy atom. The van der Waals surface area contributed by atoms with E-state index in [0.29, 0.717) is 28.9 Å². The second-order valence-electron chi connectivity index (χ2n) is 9.53. The zero-order valence-electron chi connectivity index (χ0n) is 17.5. The van der Waals surface area contributed by atoms with E-state index in [-0.39, 0.29) is 22.8 Å². The van der Waals surface area contributed by atoms with Gasteiger partial charge in [0.25, 0.3) is 5.91 Å². The summed E-state index contributed by atoms with van der Waals surface area (Å²) in [5.74, 6) is 0.593. The number of carbonyl (C=O) groups excluding carboxylic acids is 1. The lowest BCUT2D eigenvalue weighted by atomic mass is 9.69. The van der Waals surface area contributed by atoms with Crippen molar-refractivity contribution in [2.75, 3.05) is 0 Å². The van der Waals surface area contributed by atoms with Gasteiger partial charge in [-0.05, 0) is 55.4 Å². The van der Waals surface area contributed by atoms with Crippen molar-refractivity contribution in [1.82, 2.24) is 15.1 Å². The summed E-state index contributed by atoms with van der Waals surface area (Å²) >= 11 is 6.60. The minimum absolute atomic E-state index is 0.0905. The summed E-state index contributed by atoms with van der Waals surface area (Å²) in [5.41, 5.74) is 3.93. The fourth-order valence-corrected chi connectivity index (χ4v) is 5.76. The molecule has 2 aromatic rings. The van der Waals surface area contributed by atoms with Crippen LogP contribution in [0.4, 0.5) is 0 Å². The normalized spacial score (nSPS) is 27.9. The Morgan fingerprint density at radius 2 is 1.93 bits per heavy atom. The molecule has 0 saturated heterocycles. The fourth-order valence-electron chi connectivity index (χ4n) is 5.43. The summed E-state index contributed by atoms with van der Waals surface area (Å²) in [6, 6.07) is 8.49. The molecule has 0 aliphatic heterocycles. The third kappa shape index (κ3) is 2.88. The highest BCUT2D eigenvalue weighted by atomic mass is 35.5.